The van der Waals surface area contributed by atoms with Crippen LogP contribution in [0.3, 0.4) is 0 Å². The van der Waals surface area contributed by atoms with Gasteiger partial charge in [0.25, 0.3) is 0 Å². The lowest BCUT2D eigenvalue weighted by Gasteiger charge is -2.09. The highest BCUT2D eigenvalue weighted by molar-refractivity contribution is 9.10. The Labute approximate surface area is 114 Å². The molecule has 90 valence electrons. The number of ketones is 1. The monoisotopic (exact) mass is 303 g/mol. The Balaban J connectivity index is 3.21. The molecule has 0 atom stereocenters. The van der Waals surface area contributed by atoms with Crippen LogP contribution in [0, 0.1) is 29.6 Å². The van der Waals surface area contributed by atoms with E-state index in [0.29, 0.717) is 11.3 Å². The average Bonchev–Trinajstić information content (AvgIpc) is 2.34. The van der Waals surface area contributed by atoms with Gasteiger partial charge < -0.3 is 5.32 Å². The molecule has 0 heterocycles. The zero-order valence-electron chi connectivity index (χ0n) is 9.91. The van der Waals surface area contributed by atoms with Gasteiger partial charge in [-0.1, -0.05) is 15.9 Å². The van der Waals surface area contributed by atoms with Crippen LogP contribution in [-0.4, -0.2) is 5.78 Å². The number of nitriles is 2. The number of benzene rings is 1. The van der Waals surface area contributed by atoms with E-state index in [2.05, 4.69) is 21.2 Å². The highest BCUT2D eigenvalue weighted by Crippen LogP contribution is 2.25. The summed E-state index contributed by atoms with van der Waals surface area (Å²) in [6.07, 6.45) is 1.29. The van der Waals surface area contributed by atoms with Crippen LogP contribution < -0.4 is 5.32 Å². The van der Waals surface area contributed by atoms with E-state index in [9.17, 15) is 4.79 Å². The van der Waals surface area contributed by atoms with Gasteiger partial charge in [0.15, 0.2) is 5.78 Å². The number of allylic oxidation sites excluding steroid dienone is 1. The standard InChI is InChI=1S/C13H10BrN3O/c1-8-3-13(17-7-10(5-15)6-16)11(9(2)18)4-12(8)14/h3-4,7,17H,1-2H3. The van der Waals surface area contributed by atoms with Gasteiger partial charge >= 0.3 is 0 Å². The van der Waals surface area contributed by atoms with E-state index in [1.807, 2.05) is 6.92 Å². The Morgan fingerprint density at radius 2 is 2.00 bits per heavy atom. The molecule has 0 saturated heterocycles. The van der Waals surface area contributed by atoms with Gasteiger partial charge in [0.2, 0.25) is 0 Å². The first-order chi connectivity index (χ1) is 8.49. The van der Waals surface area contributed by atoms with E-state index in [0.717, 1.165) is 10.0 Å². The minimum atomic E-state index is -0.0953. The lowest BCUT2D eigenvalue weighted by Crippen LogP contribution is -2.01. The van der Waals surface area contributed by atoms with Crippen molar-refractivity contribution in [2.75, 3.05) is 5.32 Å². The van der Waals surface area contributed by atoms with E-state index in [4.69, 9.17) is 10.5 Å². The maximum absolute atomic E-state index is 11.5. The minimum Gasteiger partial charge on any atom is -0.359 e. The number of carbonyl (C=O) groups excluding carboxylic acids is 1. The number of halogens is 1. The number of aryl methyl sites for hydroxylation is 1. The molecule has 0 aliphatic rings. The summed E-state index contributed by atoms with van der Waals surface area (Å²) in [5.41, 5.74) is 1.97. The predicted octanol–water partition coefficient (Wildman–Crippen LogP) is 3.30. The fourth-order valence-corrected chi connectivity index (χ4v) is 1.68. The highest BCUT2D eigenvalue weighted by Gasteiger charge is 2.09. The molecule has 1 rings (SSSR count). The number of Topliss-reactive ketones (excluding diaryl/α,β-unsaturated/α-hetero) is 1. The van der Waals surface area contributed by atoms with Crippen LogP contribution in [-0.2, 0) is 0 Å². The Morgan fingerprint density at radius 1 is 1.39 bits per heavy atom. The van der Waals surface area contributed by atoms with Gasteiger partial charge in [-0.25, -0.2) is 0 Å². The molecule has 0 aliphatic heterocycles. The van der Waals surface area contributed by atoms with Crippen LogP contribution in [0.1, 0.15) is 22.8 Å². The van der Waals surface area contributed by atoms with Crippen molar-refractivity contribution in [3.63, 3.8) is 0 Å². The topological polar surface area (TPSA) is 76.7 Å². The summed E-state index contributed by atoms with van der Waals surface area (Å²) in [7, 11) is 0. The Kier molecular flexibility index (Phi) is 4.65. The average molecular weight is 304 g/mol. The Morgan fingerprint density at radius 3 is 2.50 bits per heavy atom. The predicted molar refractivity (Wildman–Crippen MR) is 71.8 cm³/mol. The van der Waals surface area contributed by atoms with Crippen LogP contribution in [0.4, 0.5) is 5.69 Å². The van der Waals surface area contributed by atoms with Gasteiger partial charge in [-0.05, 0) is 31.5 Å². The number of nitrogens with zero attached hydrogens (tertiary/aromatic N) is 2. The van der Waals surface area contributed by atoms with Gasteiger partial charge in [-0.3, -0.25) is 4.79 Å². The lowest BCUT2D eigenvalue weighted by molar-refractivity contribution is 0.101. The molecule has 18 heavy (non-hydrogen) atoms. The summed E-state index contributed by atoms with van der Waals surface area (Å²) in [5, 5.41) is 20.1. The third-order valence-electron chi connectivity index (χ3n) is 2.29. The van der Waals surface area contributed by atoms with E-state index in [1.165, 1.54) is 13.1 Å². The van der Waals surface area contributed by atoms with Gasteiger partial charge in [0.1, 0.15) is 17.7 Å². The first-order valence-corrected chi connectivity index (χ1v) is 5.87. The van der Waals surface area contributed by atoms with Crippen molar-refractivity contribution in [3.8, 4) is 12.1 Å². The third-order valence-corrected chi connectivity index (χ3v) is 3.15. The van der Waals surface area contributed by atoms with Gasteiger partial charge in [0, 0.05) is 21.9 Å². The zero-order chi connectivity index (χ0) is 13.7. The quantitative estimate of drug-likeness (QED) is 0.686. The van der Waals surface area contributed by atoms with Gasteiger partial charge in [-0.15, -0.1) is 0 Å². The van der Waals surface area contributed by atoms with Crippen molar-refractivity contribution in [1.29, 1.82) is 10.5 Å². The van der Waals surface area contributed by atoms with Crippen LogP contribution in [0.2, 0.25) is 0 Å². The highest BCUT2D eigenvalue weighted by atomic mass is 79.9. The largest absolute Gasteiger partial charge is 0.359 e. The molecule has 4 nitrogen and oxygen atoms in total. The summed E-state index contributed by atoms with van der Waals surface area (Å²) in [6.45, 7) is 3.35. The minimum absolute atomic E-state index is 0.0509. The van der Waals surface area contributed by atoms with Crippen molar-refractivity contribution in [3.05, 3.63) is 39.5 Å². The summed E-state index contributed by atoms with van der Waals surface area (Å²) < 4.78 is 0.836. The van der Waals surface area contributed by atoms with Gasteiger partial charge in [0.05, 0.1) is 0 Å². The van der Waals surface area contributed by atoms with Crippen molar-refractivity contribution in [1.82, 2.24) is 0 Å². The van der Waals surface area contributed by atoms with Crippen molar-refractivity contribution in [2.24, 2.45) is 0 Å². The first kappa shape index (κ1) is 14.0. The molecule has 1 aromatic rings. The number of anilines is 1. The fraction of sp³-hybridized carbons (Fsp3) is 0.154. The summed E-state index contributed by atoms with van der Waals surface area (Å²) in [5.74, 6) is -0.0953. The second-order valence-corrected chi connectivity index (χ2v) is 4.48. The van der Waals surface area contributed by atoms with E-state index in [1.54, 1.807) is 24.3 Å². The van der Waals surface area contributed by atoms with E-state index >= 15 is 0 Å². The van der Waals surface area contributed by atoms with Gasteiger partial charge in [-0.2, -0.15) is 10.5 Å². The molecule has 5 heteroatoms. The summed E-state index contributed by atoms with van der Waals surface area (Å²) >= 11 is 3.36. The molecular formula is C13H10BrN3O. The van der Waals surface area contributed by atoms with Crippen molar-refractivity contribution < 1.29 is 4.79 Å². The van der Waals surface area contributed by atoms with E-state index in [-0.39, 0.29) is 11.4 Å². The maximum atomic E-state index is 11.5. The molecule has 0 aliphatic carbocycles. The molecule has 0 amide bonds. The molecule has 0 bridgehead atoms. The molecule has 0 fully saturated rings. The molecular weight excluding hydrogens is 294 g/mol. The number of hydrogen-bond donors (Lipinski definition) is 1. The Hall–Kier alpha value is -2.11. The van der Waals surface area contributed by atoms with Crippen LogP contribution in [0.15, 0.2) is 28.4 Å². The number of hydrogen-bond acceptors (Lipinski definition) is 4. The molecule has 1 aromatic carbocycles. The van der Waals surface area contributed by atoms with Crippen molar-refractivity contribution >= 4 is 27.4 Å². The number of carbonyl (C=O) groups is 1. The molecule has 0 saturated carbocycles. The summed E-state index contributed by atoms with van der Waals surface area (Å²) in [4.78, 5) is 11.5. The second kappa shape index (κ2) is 6.00. The smallest absolute Gasteiger partial charge is 0.161 e. The molecule has 0 radical (unpaired) electrons. The summed E-state index contributed by atoms with van der Waals surface area (Å²) in [6, 6.07) is 6.98. The maximum Gasteiger partial charge on any atom is 0.161 e. The van der Waals surface area contributed by atoms with Crippen LogP contribution in [0.25, 0.3) is 0 Å². The lowest BCUT2D eigenvalue weighted by atomic mass is 10.1. The molecule has 1 N–H and O–H groups in total. The first-order valence-electron chi connectivity index (χ1n) is 5.07. The van der Waals surface area contributed by atoms with Crippen LogP contribution >= 0.6 is 15.9 Å². The second-order valence-electron chi connectivity index (χ2n) is 3.63. The fourth-order valence-electron chi connectivity index (χ4n) is 1.33. The number of rotatable bonds is 3. The molecule has 0 aromatic heterocycles. The SMILES string of the molecule is CC(=O)c1cc(Br)c(C)cc1NC=C(C#N)C#N. The normalized spacial score (nSPS) is 8.94. The third kappa shape index (κ3) is 3.19. The number of nitrogens with one attached hydrogen (secondary N) is 1. The van der Waals surface area contributed by atoms with Crippen LogP contribution in [0.5, 0.6) is 0 Å². The van der Waals surface area contributed by atoms with Crippen molar-refractivity contribution in [2.45, 2.75) is 13.8 Å². The zero-order valence-corrected chi connectivity index (χ0v) is 11.5. The Bertz CT molecular complexity index is 590. The molecule has 0 spiro atoms. The van der Waals surface area contributed by atoms with E-state index < -0.39 is 0 Å². The molecule has 0 unspecified atom stereocenters.